The molecular formula is C59H78N8O6. The third kappa shape index (κ3) is 10.1. The number of likely N-dealkylation sites (tertiary alicyclic amines) is 2. The Balaban J connectivity index is 0.868. The molecule has 4 heterocycles. The quantitative estimate of drug-likeness (QED) is 0.147. The predicted octanol–water partition coefficient (Wildman–Crippen LogP) is 11.4. The number of alkyl carbamates (subject to hydrolysis) is 2. The topological polar surface area (TPSA) is 175 Å². The van der Waals surface area contributed by atoms with Crippen molar-refractivity contribution in [3.05, 3.63) is 95.0 Å². The Bertz CT molecular complexity index is 2660. The molecule has 4 N–H and O–H groups in total. The average Bonchev–Trinajstić information content (AvgIpc) is 4.23. The van der Waals surface area contributed by atoms with Crippen LogP contribution in [-0.4, -0.2) is 92.1 Å². The van der Waals surface area contributed by atoms with Crippen LogP contribution in [0.2, 0.25) is 0 Å². The number of amides is 4. The molecule has 14 nitrogen and oxygen atoms in total. The van der Waals surface area contributed by atoms with Gasteiger partial charge in [-0.25, -0.2) is 19.6 Å². The summed E-state index contributed by atoms with van der Waals surface area (Å²) in [5.74, 6) is 3.23. The fraction of sp³-hybridized carbons (Fsp3) is 0.593. The third-order valence-electron chi connectivity index (χ3n) is 18.1. The maximum Gasteiger partial charge on any atom is 0.407 e. The molecule has 1 aromatic carbocycles. The van der Waals surface area contributed by atoms with Gasteiger partial charge in [0, 0.05) is 12.1 Å². The lowest BCUT2D eigenvalue weighted by Crippen LogP contribution is -2.53. The Labute approximate surface area is 431 Å². The fourth-order valence-corrected chi connectivity index (χ4v) is 14.1. The van der Waals surface area contributed by atoms with Gasteiger partial charge in [0.1, 0.15) is 23.7 Å². The van der Waals surface area contributed by atoms with E-state index in [2.05, 4.69) is 81.0 Å². The van der Waals surface area contributed by atoms with Crippen LogP contribution in [0.5, 0.6) is 0 Å². The molecule has 11 atom stereocenters. The first-order valence-corrected chi connectivity index (χ1v) is 27.7. The standard InChI is InChI=1S/C59H78N8O6/c1-33(2)52(64-58(70)72-6)56(68)66-47-14-10-8-12-42(47)29-49(66)54-60-31-45(62-54)39-23-26-41(27-24-39)51-35(5)37-20-22-38-18-16-36(17-19-40(51)25-21-37)28-44(38)46-32-61-55(63-46)50-30-43-13-9-11-15-48(43)67(50)57(69)53(34(3)4)65-59(71)73-7/h16,21,23-28,31-35,37-38,42-43,47-50,52-53H,8-15,17-20,22,29-30H2,1-7H3,(H,60,62)(H,61,63)(H,64,70)(H,65,71)/t35?,37-,38-,42?,43?,47?,48?,49+,50+,52+,53+/m1/s1. The number of ether oxygens (including phenoxy) is 2. The molecule has 2 saturated heterocycles. The lowest BCUT2D eigenvalue weighted by Gasteiger charge is -2.36. The summed E-state index contributed by atoms with van der Waals surface area (Å²) in [7, 11) is 2.67. The third-order valence-corrected chi connectivity index (χ3v) is 18.1. The second-order valence-electron chi connectivity index (χ2n) is 23.0. The maximum atomic E-state index is 14.5. The van der Waals surface area contributed by atoms with Gasteiger partial charge in [-0.05, 0) is 140 Å². The molecule has 3 aromatic rings. The summed E-state index contributed by atoms with van der Waals surface area (Å²) >= 11 is 0. The number of nitrogens with one attached hydrogen (secondary N) is 4. The highest BCUT2D eigenvalue weighted by Crippen LogP contribution is 2.50. The van der Waals surface area contributed by atoms with E-state index in [1.54, 1.807) is 0 Å². The van der Waals surface area contributed by atoms with E-state index in [1.807, 2.05) is 45.0 Å². The largest absolute Gasteiger partial charge is 0.453 e. The van der Waals surface area contributed by atoms with Gasteiger partial charge in [-0.3, -0.25) is 9.59 Å². The van der Waals surface area contributed by atoms with Gasteiger partial charge in [0.2, 0.25) is 11.8 Å². The van der Waals surface area contributed by atoms with Crippen LogP contribution in [0.25, 0.3) is 22.4 Å². The molecule has 0 radical (unpaired) electrons. The Kier molecular flexibility index (Phi) is 14.9. The number of benzene rings is 1. The Morgan fingerprint density at radius 3 is 1.78 bits per heavy atom. The molecule has 0 spiro atoms. The first-order chi connectivity index (χ1) is 35.3. The SMILES string of the molecule is COC(=O)N[C@H](C(=O)N1C2CCCCC2C[C@H]1c1ncc(C2=CC3=CC[C@@H]2CC[C@@H]2C=CC(=C(c4ccc(-c5cnc([C@@H]6CC7CCCCC7N6C(=O)[C@@H](NC(=O)OC)C(C)C)[nH]5)cc4)C2C)CC3)[nH]1)C(C)C. The van der Waals surface area contributed by atoms with Gasteiger partial charge in [-0.1, -0.05) is 114 Å². The van der Waals surface area contributed by atoms with Crippen LogP contribution in [0.4, 0.5) is 9.59 Å². The second-order valence-corrected chi connectivity index (χ2v) is 23.0. The molecule has 14 heteroatoms. The summed E-state index contributed by atoms with van der Waals surface area (Å²) in [5.41, 5.74) is 9.79. The van der Waals surface area contributed by atoms with Crippen LogP contribution in [0.15, 0.2) is 72.1 Å². The van der Waals surface area contributed by atoms with Crippen molar-refractivity contribution in [2.75, 3.05) is 14.2 Å². The van der Waals surface area contributed by atoms with E-state index in [0.717, 1.165) is 112 Å². The number of carbonyl (C=O) groups excluding carboxylic acids is 4. The van der Waals surface area contributed by atoms with Gasteiger partial charge in [0.15, 0.2) is 0 Å². The highest BCUT2D eigenvalue weighted by atomic mass is 16.5. The van der Waals surface area contributed by atoms with Crippen LogP contribution in [-0.2, 0) is 19.1 Å². The van der Waals surface area contributed by atoms with E-state index in [-0.39, 0.29) is 47.8 Å². The van der Waals surface area contributed by atoms with Crippen molar-refractivity contribution in [1.82, 2.24) is 40.4 Å². The number of methoxy groups -OCH3 is 2. The van der Waals surface area contributed by atoms with Crippen molar-refractivity contribution in [2.45, 2.75) is 167 Å². The molecule has 390 valence electrons. The summed E-state index contributed by atoms with van der Waals surface area (Å²) in [6.45, 7) is 10.3. The van der Waals surface area contributed by atoms with E-state index < -0.39 is 24.3 Å². The van der Waals surface area contributed by atoms with E-state index in [1.165, 1.54) is 54.9 Å². The highest BCUT2D eigenvalue weighted by molar-refractivity contribution is 5.88. The molecule has 5 unspecified atom stereocenters. The minimum Gasteiger partial charge on any atom is -0.453 e. The van der Waals surface area contributed by atoms with Gasteiger partial charge < -0.3 is 39.9 Å². The number of fused-ring (bicyclic) bond motifs is 2. The number of nitrogens with zero attached hydrogens (tertiary/aromatic N) is 4. The van der Waals surface area contributed by atoms with Crippen molar-refractivity contribution >= 4 is 35.1 Å². The Morgan fingerprint density at radius 1 is 0.685 bits per heavy atom. The van der Waals surface area contributed by atoms with Crippen molar-refractivity contribution in [3.63, 3.8) is 0 Å². The smallest absolute Gasteiger partial charge is 0.407 e. The van der Waals surface area contributed by atoms with E-state index >= 15 is 0 Å². The van der Waals surface area contributed by atoms with Gasteiger partial charge in [0.05, 0.1) is 50.1 Å². The Hall–Kier alpha value is -5.92. The molecule has 2 saturated carbocycles. The zero-order chi connectivity index (χ0) is 51.1. The highest BCUT2D eigenvalue weighted by Gasteiger charge is 2.50. The summed E-state index contributed by atoms with van der Waals surface area (Å²) in [6, 6.07) is 7.50. The van der Waals surface area contributed by atoms with E-state index in [4.69, 9.17) is 19.4 Å². The number of hydrogen-bond donors (Lipinski definition) is 4. The summed E-state index contributed by atoms with van der Waals surface area (Å²) in [5, 5.41) is 5.68. The zero-order valence-electron chi connectivity index (χ0n) is 44.1. The molecule has 10 aliphatic rings. The minimum absolute atomic E-state index is 0.0478. The van der Waals surface area contributed by atoms with Crippen molar-refractivity contribution < 1.29 is 28.7 Å². The predicted molar refractivity (Wildman–Crippen MR) is 282 cm³/mol. The van der Waals surface area contributed by atoms with Crippen LogP contribution >= 0.6 is 0 Å². The molecule has 8 aliphatic carbocycles. The lowest BCUT2D eigenvalue weighted by molar-refractivity contribution is -0.139. The van der Waals surface area contributed by atoms with Gasteiger partial charge >= 0.3 is 12.2 Å². The van der Waals surface area contributed by atoms with Crippen LogP contribution in [0.1, 0.15) is 166 Å². The monoisotopic (exact) mass is 995 g/mol. The normalized spacial score (nSPS) is 28.7. The molecule has 4 fully saturated rings. The molecule has 2 aromatic heterocycles. The molecule has 4 bridgehead atoms. The molecular weight excluding hydrogens is 917 g/mol. The van der Waals surface area contributed by atoms with Crippen molar-refractivity contribution in [3.8, 4) is 11.3 Å². The second kappa shape index (κ2) is 21.5. The first kappa shape index (κ1) is 50.6. The zero-order valence-corrected chi connectivity index (χ0v) is 44.1. The molecule has 4 amide bonds. The van der Waals surface area contributed by atoms with Gasteiger partial charge in [-0.2, -0.15) is 0 Å². The summed E-state index contributed by atoms with van der Waals surface area (Å²) in [4.78, 5) is 75.3. The number of H-pyrrole nitrogens is 2. The number of rotatable bonds is 11. The number of aromatic amines is 2. The van der Waals surface area contributed by atoms with E-state index in [0.29, 0.717) is 29.6 Å². The fourth-order valence-electron chi connectivity index (χ4n) is 14.1. The van der Waals surface area contributed by atoms with Crippen LogP contribution in [0.3, 0.4) is 0 Å². The summed E-state index contributed by atoms with van der Waals surface area (Å²) < 4.78 is 9.86. The average molecular weight is 995 g/mol. The summed E-state index contributed by atoms with van der Waals surface area (Å²) in [6.07, 6.45) is 27.9. The van der Waals surface area contributed by atoms with Crippen molar-refractivity contribution in [1.29, 1.82) is 0 Å². The molecule has 13 rings (SSSR count). The van der Waals surface area contributed by atoms with Gasteiger partial charge in [-0.15, -0.1) is 0 Å². The number of hydrogen-bond acceptors (Lipinski definition) is 8. The Morgan fingerprint density at radius 2 is 1.22 bits per heavy atom. The minimum atomic E-state index is -0.685. The number of allylic oxidation sites excluding steroid dienone is 8. The maximum absolute atomic E-state index is 14.5. The number of aromatic nitrogens is 4. The van der Waals surface area contributed by atoms with Crippen LogP contribution in [0, 0.1) is 41.4 Å². The van der Waals surface area contributed by atoms with Crippen molar-refractivity contribution in [2.24, 2.45) is 41.4 Å². The van der Waals surface area contributed by atoms with Crippen LogP contribution < -0.4 is 10.6 Å². The lowest BCUT2D eigenvalue weighted by atomic mass is 9.71. The molecule has 2 aliphatic heterocycles. The number of imidazole rings is 2. The van der Waals surface area contributed by atoms with Gasteiger partial charge in [0.25, 0.3) is 0 Å². The molecule has 73 heavy (non-hydrogen) atoms. The van der Waals surface area contributed by atoms with E-state index in [9.17, 15) is 19.2 Å². The first-order valence-electron chi connectivity index (χ1n) is 27.7. The number of carbonyl (C=O) groups is 4.